The Morgan fingerprint density at radius 3 is 2.53 bits per heavy atom. The van der Waals surface area contributed by atoms with Crippen LogP contribution in [0.4, 0.5) is 0 Å². The number of amides is 1. The summed E-state index contributed by atoms with van der Waals surface area (Å²) in [5.41, 5.74) is 2.18. The van der Waals surface area contributed by atoms with Crippen molar-refractivity contribution in [1.29, 1.82) is 0 Å². The highest BCUT2D eigenvalue weighted by Crippen LogP contribution is 2.13. The molecule has 8 heteroatoms. The molecule has 19 heavy (non-hydrogen) atoms. The average molecular weight is 323 g/mol. The van der Waals surface area contributed by atoms with Crippen molar-refractivity contribution >= 4 is 39.3 Å². The lowest BCUT2D eigenvalue weighted by atomic mass is 10.3. The highest BCUT2D eigenvalue weighted by atomic mass is 35.5. The Morgan fingerprint density at radius 1 is 1.32 bits per heavy atom. The van der Waals surface area contributed by atoms with Crippen LogP contribution in [0.1, 0.15) is 12.8 Å². The second kappa shape index (κ2) is 7.74. The predicted octanol–water partition coefficient (Wildman–Crippen LogP) is 1.79. The van der Waals surface area contributed by atoms with Gasteiger partial charge in [0.05, 0.1) is 4.90 Å². The first-order chi connectivity index (χ1) is 8.95. The maximum absolute atomic E-state index is 11.8. The number of benzene rings is 1. The SMILES string of the molecule is CSCCCC(=O)NNS(=O)(=O)c1ccc(Cl)cc1. The van der Waals surface area contributed by atoms with E-state index in [1.54, 1.807) is 11.8 Å². The van der Waals surface area contributed by atoms with E-state index in [0.29, 0.717) is 11.4 Å². The summed E-state index contributed by atoms with van der Waals surface area (Å²) in [7, 11) is -3.75. The molecule has 0 heterocycles. The van der Waals surface area contributed by atoms with Gasteiger partial charge in [-0.2, -0.15) is 11.8 Å². The highest BCUT2D eigenvalue weighted by molar-refractivity contribution is 7.98. The van der Waals surface area contributed by atoms with Crippen LogP contribution in [0.2, 0.25) is 5.02 Å². The van der Waals surface area contributed by atoms with Crippen molar-refractivity contribution in [2.75, 3.05) is 12.0 Å². The highest BCUT2D eigenvalue weighted by Gasteiger charge is 2.14. The molecule has 0 aromatic heterocycles. The lowest BCUT2D eigenvalue weighted by Gasteiger charge is -2.08. The summed E-state index contributed by atoms with van der Waals surface area (Å²) in [6.45, 7) is 0. The third-order valence-electron chi connectivity index (χ3n) is 2.20. The van der Waals surface area contributed by atoms with E-state index in [0.717, 1.165) is 5.75 Å². The first kappa shape index (κ1) is 16.3. The second-order valence-electron chi connectivity index (χ2n) is 3.70. The van der Waals surface area contributed by atoms with Crippen LogP contribution < -0.4 is 10.3 Å². The smallest absolute Gasteiger partial charge is 0.257 e. The lowest BCUT2D eigenvalue weighted by Crippen LogP contribution is -2.41. The molecule has 1 rings (SSSR count). The first-order valence-electron chi connectivity index (χ1n) is 5.51. The molecular formula is C11H15ClN2O3S2. The van der Waals surface area contributed by atoms with Gasteiger partial charge in [-0.15, -0.1) is 4.83 Å². The van der Waals surface area contributed by atoms with Crippen molar-refractivity contribution in [2.45, 2.75) is 17.7 Å². The molecule has 0 unspecified atom stereocenters. The minimum Gasteiger partial charge on any atom is -0.278 e. The molecular weight excluding hydrogens is 308 g/mol. The van der Waals surface area contributed by atoms with Crippen LogP contribution in [0.5, 0.6) is 0 Å². The Kier molecular flexibility index (Phi) is 6.64. The summed E-state index contributed by atoms with van der Waals surface area (Å²) < 4.78 is 23.6. The number of hydrogen-bond acceptors (Lipinski definition) is 4. The van der Waals surface area contributed by atoms with Gasteiger partial charge in [-0.25, -0.2) is 8.42 Å². The van der Waals surface area contributed by atoms with Crippen molar-refractivity contribution in [3.8, 4) is 0 Å². The van der Waals surface area contributed by atoms with Crippen LogP contribution >= 0.6 is 23.4 Å². The number of nitrogens with one attached hydrogen (secondary N) is 2. The average Bonchev–Trinajstić information content (AvgIpc) is 2.37. The van der Waals surface area contributed by atoms with Gasteiger partial charge in [-0.05, 0) is 42.7 Å². The van der Waals surface area contributed by atoms with Crippen molar-refractivity contribution in [3.63, 3.8) is 0 Å². The van der Waals surface area contributed by atoms with Gasteiger partial charge >= 0.3 is 0 Å². The summed E-state index contributed by atoms with van der Waals surface area (Å²) in [6.07, 6.45) is 2.93. The monoisotopic (exact) mass is 322 g/mol. The number of hydrazine groups is 1. The maximum Gasteiger partial charge on any atom is 0.257 e. The van der Waals surface area contributed by atoms with E-state index in [2.05, 4.69) is 5.43 Å². The molecule has 2 N–H and O–H groups in total. The molecule has 0 saturated heterocycles. The van der Waals surface area contributed by atoms with Crippen LogP contribution in [-0.2, 0) is 14.8 Å². The summed E-state index contributed by atoms with van der Waals surface area (Å²) in [5, 5.41) is 0.444. The number of rotatable bonds is 7. The standard InChI is InChI=1S/C11H15ClN2O3S2/c1-18-8-2-3-11(15)13-14-19(16,17)10-6-4-9(12)5-7-10/h4-7,14H,2-3,8H2,1H3,(H,13,15). The van der Waals surface area contributed by atoms with Crippen LogP contribution in [0, 0.1) is 0 Å². The minimum absolute atomic E-state index is 0.0429. The Morgan fingerprint density at radius 2 is 1.95 bits per heavy atom. The van der Waals surface area contributed by atoms with Crippen LogP contribution in [-0.4, -0.2) is 26.3 Å². The fraction of sp³-hybridized carbons (Fsp3) is 0.364. The van der Waals surface area contributed by atoms with E-state index in [9.17, 15) is 13.2 Å². The molecule has 0 saturated carbocycles. The molecule has 106 valence electrons. The van der Waals surface area contributed by atoms with E-state index in [4.69, 9.17) is 11.6 Å². The summed E-state index contributed by atoms with van der Waals surface area (Å²) in [5.74, 6) is 0.503. The van der Waals surface area contributed by atoms with Gasteiger partial charge in [-0.3, -0.25) is 10.2 Å². The van der Waals surface area contributed by atoms with Gasteiger partial charge in [0.25, 0.3) is 10.0 Å². The van der Waals surface area contributed by atoms with E-state index in [1.807, 2.05) is 11.1 Å². The molecule has 1 aromatic carbocycles. The second-order valence-corrected chi connectivity index (χ2v) is 6.81. The minimum atomic E-state index is -3.75. The zero-order valence-corrected chi connectivity index (χ0v) is 12.7. The van der Waals surface area contributed by atoms with Crippen molar-refractivity contribution in [2.24, 2.45) is 0 Å². The van der Waals surface area contributed by atoms with Gasteiger partial charge < -0.3 is 0 Å². The number of carbonyl (C=O) groups excluding carboxylic acids is 1. The number of thioether (sulfide) groups is 1. The van der Waals surface area contributed by atoms with E-state index in [-0.39, 0.29) is 17.2 Å². The summed E-state index contributed by atoms with van der Waals surface area (Å²) in [6, 6.07) is 5.67. The number of carbonyl (C=O) groups is 1. The molecule has 0 atom stereocenters. The molecule has 0 aliphatic heterocycles. The Hall–Kier alpha value is -0.760. The number of sulfonamides is 1. The van der Waals surface area contributed by atoms with Crippen molar-refractivity contribution in [3.05, 3.63) is 29.3 Å². The van der Waals surface area contributed by atoms with Crippen LogP contribution in [0.3, 0.4) is 0 Å². The normalized spacial score (nSPS) is 11.3. The third-order valence-corrected chi connectivity index (χ3v) is 4.41. The van der Waals surface area contributed by atoms with E-state index in [1.165, 1.54) is 24.3 Å². The van der Waals surface area contributed by atoms with Crippen molar-refractivity contribution < 1.29 is 13.2 Å². The zero-order chi connectivity index (χ0) is 14.3. The molecule has 5 nitrogen and oxygen atoms in total. The zero-order valence-electron chi connectivity index (χ0n) is 10.3. The van der Waals surface area contributed by atoms with Crippen LogP contribution in [0.15, 0.2) is 29.2 Å². The number of hydrogen-bond donors (Lipinski definition) is 2. The van der Waals surface area contributed by atoms with Crippen LogP contribution in [0.25, 0.3) is 0 Å². The molecule has 0 aliphatic rings. The van der Waals surface area contributed by atoms with Gasteiger partial charge in [0, 0.05) is 11.4 Å². The van der Waals surface area contributed by atoms with E-state index < -0.39 is 10.0 Å². The fourth-order valence-electron chi connectivity index (χ4n) is 1.24. The first-order valence-corrected chi connectivity index (χ1v) is 8.76. The Bertz CT molecular complexity index is 517. The molecule has 0 fully saturated rings. The Balaban J connectivity index is 2.51. The van der Waals surface area contributed by atoms with Gasteiger partial charge in [0.1, 0.15) is 0 Å². The molecule has 0 aliphatic carbocycles. The lowest BCUT2D eigenvalue weighted by molar-refractivity contribution is -0.121. The number of halogens is 1. The third kappa shape index (κ3) is 5.82. The van der Waals surface area contributed by atoms with Crippen molar-refractivity contribution in [1.82, 2.24) is 10.3 Å². The Labute approximate surface area is 122 Å². The quantitative estimate of drug-likeness (QED) is 0.593. The largest absolute Gasteiger partial charge is 0.278 e. The van der Waals surface area contributed by atoms with Gasteiger partial charge in [0.2, 0.25) is 5.91 Å². The van der Waals surface area contributed by atoms with E-state index >= 15 is 0 Å². The fourth-order valence-corrected chi connectivity index (χ4v) is 2.66. The summed E-state index contributed by atoms with van der Waals surface area (Å²) in [4.78, 5) is 13.5. The van der Waals surface area contributed by atoms with Gasteiger partial charge in [-0.1, -0.05) is 11.6 Å². The topological polar surface area (TPSA) is 75.3 Å². The summed E-state index contributed by atoms with van der Waals surface area (Å²) >= 11 is 7.31. The molecule has 0 radical (unpaired) electrons. The molecule has 1 aromatic rings. The maximum atomic E-state index is 11.8. The molecule has 0 bridgehead atoms. The molecule has 0 spiro atoms. The van der Waals surface area contributed by atoms with Gasteiger partial charge in [0.15, 0.2) is 0 Å². The predicted molar refractivity (Wildman–Crippen MR) is 77.5 cm³/mol. The molecule has 1 amide bonds.